The second-order valence-electron chi connectivity index (χ2n) is 3.29. The van der Waals surface area contributed by atoms with Gasteiger partial charge in [0.1, 0.15) is 11.6 Å². The van der Waals surface area contributed by atoms with Crippen molar-refractivity contribution in [3.63, 3.8) is 0 Å². The fourth-order valence-electron chi connectivity index (χ4n) is 1.69. The Morgan fingerprint density at radius 1 is 1.53 bits per heavy atom. The van der Waals surface area contributed by atoms with Crippen molar-refractivity contribution >= 4 is 12.0 Å². The van der Waals surface area contributed by atoms with E-state index in [2.05, 4.69) is 0 Å². The average Bonchev–Trinajstić information content (AvgIpc) is 2.64. The highest BCUT2D eigenvalue weighted by Crippen LogP contribution is 2.34. The Morgan fingerprint density at radius 2 is 2.27 bits per heavy atom. The Labute approximate surface area is 85.8 Å². The molecular weight excluding hydrogens is 199 g/mol. The molecule has 0 atom stereocenters. The number of carboxylic acids is 1. The average molecular weight is 208 g/mol. The number of hydrogen-bond donors (Lipinski definition) is 1. The monoisotopic (exact) mass is 208 g/mol. The maximum Gasteiger partial charge on any atom is 0.331 e. The minimum atomic E-state index is -1.02. The highest BCUT2D eigenvalue weighted by Gasteiger charge is 2.23. The fraction of sp³-hybridized carbons (Fsp3) is 0.182. The number of aliphatic carboxylic acids is 1. The Bertz CT molecular complexity index is 463. The van der Waals surface area contributed by atoms with E-state index >= 15 is 0 Å². The van der Waals surface area contributed by atoms with Gasteiger partial charge in [0.15, 0.2) is 0 Å². The summed E-state index contributed by atoms with van der Waals surface area (Å²) in [7, 11) is 1.47. The van der Waals surface area contributed by atoms with Crippen LogP contribution in [0, 0.1) is 5.82 Å². The molecule has 1 N–H and O–H groups in total. The summed E-state index contributed by atoms with van der Waals surface area (Å²) in [6, 6.07) is 2.78. The van der Waals surface area contributed by atoms with Crippen molar-refractivity contribution in [1.29, 1.82) is 0 Å². The molecule has 1 aromatic rings. The lowest BCUT2D eigenvalue weighted by Crippen LogP contribution is -2.00. The molecule has 2 rings (SSSR count). The van der Waals surface area contributed by atoms with Crippen LogP contribution in [-0.4, -0.2) is 18.2 Å². The van der Waals surface area contributed by atoms with Crippen molar-refractivity contribution in [3.8, 4) is 5.75 Å². The van der Waals surface area contributed by atoms with Crippen LogP contribution >= 0.6 is 0 Å². The third-order valence-corrected chi connectivity index (χ3v) is 2.44. The van der Waals surface area contributed by atoms with Gasteiger partial charge in [-0.2, -0.15) is 0 Å². The predicted molar refractivity (Wildman–Crippen MR) is 52.3 cm³/mol. The maximum absolute atomic E-state index is 13.4. The third kappa shape index (κ3) is 1.48. The zero-order chi connectivity index (χ0) is 11.0. The van der Waals surface area contributed by atoms with E-state index in [0.717, 1.165) is 0 Å². The summed E-state index contributed by atoms with van der Waals surface area (Å²) in [5, 5.41) is 8.81. The molecule has 0 aromatic heterocycles. The molecule has 0 unspecified atom stereocenters. The molecule has 0 bridgehead atoms. The zero-order valence-electron chi connectivity index (χ0n) is 8.08. The van der Waals surface area contributed by atoms with Crippen LogP contribution in [-0.2, 0) is 11.2 Å². The van der Waals surface area contributed by atoms with E-state index in [9.17, 15) is 9.18 Å². The van der Waals surface area contributed by atoms with E-state index in [4.69, 9.17) is 9.84 Å². The largest absolute Gasteiger partial charge is 0.496 e. The first kappa shape index (κ1) is 9.71. The Hall–Kier alpha value is -1.84. The second-order valence-corrected chi connectivity index (χ2v) is 3.29. The molecule has 3 nitrogen and oxygen atoms in total. The molecule has 0 aliphatic heterocycles. The molecule has 0 heterocycles. The molecule has 0 saturated carbocycles. The van der Waals surface area contributed by atoms with Crippen molar-refractivity contribution < 1.29 is 19.0 Å². The molecule has 0 spiro atoms. The number of halogens is 1. The van der Waals surface area contributed by atoms with Gasteiger partial charge in [-0.3, -0.25) is 0 Å². The third-order valence-electron chi connectivity index (χ3n) is 2.44. The quantitative estimate of drug-likeness (QED) is 0.806. The summed E-state index contributed by atoms with van der Waals surface area (Å²) < 4.78 is 18.4. The van der Waals surface area contributed by atoms with Crippen LogP contribution in [0.4, 0.5) is 4.39 Å². The van der Waals surface area contributed by atoms with E-state index in [1.807, 2.05) is 0 Å². The highest BCUT2D eigenvalue weighted by atomic mass is 19.1. The summed E-state index contributed by atoms with van der Waals surface area (Å²) in [5.41, 5.74) is 1.12. The summed E-state index contributed by atoms with van der Waals surface area (Å²) in [4.78, 5) is 10.7. The van der Waals surface area contributed by atoms with Crippen molar-refractivity contribution in [1.82, 2.24) is 0 Å². The van der Waals surface area contributed by atoms with Crippen molar-refractivity contribution in [2.45, 2.75) is 6.42 Å². The first-order valence-electron chi connectivity index (χ1n) is 4.42. The molecular formula is C11H9FO3. The lowest BCUT2D eigenvalue weighted by atomic mass is 10.1. The van der Waals surface area contributed by atoms with Crippen LogP contribution in [0.5, 0.6) is 5.75 Å². The Balaban J connectivity index is 2.54. The molecule has 4 heteroatoms. The van der Waals surface area contributed by atoms with Gasteiger partial charge in [-0.15, -0.1) is 0 Å². The first-order chi connectivity index (χ1) is 7.13. The van der Waals surface area contributed by atoms with Crippen molar-refractivity contribution in [2.24, 2.45) is 0 Å². The Morgan fingerprint density at radius 3 is 2.87 bits per heavy atom. The number of hydrogen-bond acceptors (Lipinski definition) is 2. The fourth-order valence-corrected chi connectivity index (χ4v) is 1.69. The van der Waals surface area contributed by atoms with Gasteiger partial charge in [0.2, 0.25) is 0 Å². The van der Waals surface area contributed by atoms with Gasteiger partial charge in [-0.25, -0.2) is 9.18 Å². The van der Waals surface area contributed by atoms with Gasteiger partial charge >= 0.3 is 5.97 Å². The minimum Gasteiger partial charge on any atom is -0.496 e. The van der Waals surface area contributed by atoms with Crippen LogP contribution in [0.15, 0.2) is 17.7 Å². The zero-order valence-corrected chi connectivity index (χ0v) is 8.08. The molecule has 0 saturated heterocycles. The number of carboxylic acid groups (broad SMARTS) is 1. The molecule has 78 valence electrons. The molecule has 15 heavy (non-hydrogen) atoms. The molecule has 0 radical (unpaired) electrons. The lowest BCUT2D eigenvalue weighted by molar-refractivity contribution is -0.132. The smallest absolute Gasteiger partial charge is 0.331 e. The number of methoxy groups -OCH3 is 1. The maximum atomic E-state index is 13.4. The van der Waals surface area contributed by atoms with Crippen molar-refractivity contribution in [2.75, 3.05) is 7.11 Å². The van der Waals surface area contributed by atoms with E-state index in [-0.39, 0.29) is 12.0 Å². The number of benzene rings is 1. The summed E-state index contributed by atoms with van der Waals surface area (Å²) in [6.07, 6.45) is 1.58. The van der Waals surface area contributed by atoms with Gasteiger partial charge in [-0.1, -0.05) is 0 Å². The Kier molecular flexibility index (Phi) is 2.19. The van der Waals surface area contributed by atoms with E-state index in [0.29, 0.717) is 16.9 Å². The van der Waals surface area contributed by atoms with E-state index < -0.39 is 11.8 Å². The van der Waals surface area contributed by atoms with Crippen LogP contribution in [0.1, 0.15) is 11.1 Å². The normalized spacial score (nSPS) is 13.3. The van der Waals surface area contributed by atoms with Gasteiger partial charge < -0.3 is 9.84 Å². The SMILES string of the molecule is COc1ccc(F)c2c1C=C(C(=O)O)C2. The first-order valence-corrected chi connectivity index (χ1v) is 4.42. The number of fused-ring (bicyclic) bond motifs is 1. The number of rotatable bonds is 2. The molecule has 1 aliphatic rings. The lowest BCUT2D eigenvalue weighted by Gasteiger charge is -2.06. The van der Waals surface area contributed by atoms with Crippen LogP contribution < -0.4 is 4.74 Å². The van der Waals surface area contributed by atoms with Crippen LogP contribution in [0.3, 0.4) is 0 Å². The van der Waals surface area contributed by atoms with Gasteiger partial charge in [0.05, 0.1) is 7.11 Å². The van der Waals surface area contributed by atoms with E-state index in [1.54, 1.807) is 0 Å². The number of ether oxygens (including phenoxy) is 1. The molecule has 1 aromatic carbocycles. The predicted octanol–water partition coefficient (Wildman–Crippen LogP) is 1.86. The molecule has 0 fully saturated rings. The van der Waals surface area contributed by atoms with Crippen LogP contribution in [0.25, 0.3) is 6.08 Å². The van der Waals surface area contributed by atoms with Gasteiger partial charge in [-0.05, 0) is 18.2 Å². The second kappa shape index (κ2) is 3.38. The summed E-state index contributed by atoms with van der Waals surface area (Å²) >= 11 is 0. The summed E-state index contributed by atoms with van der Waals surface area (Å²) in [5.74, 6) is -0.909. The molecule has 1 aliphatic carbocycles. The highest BCUT2D eigenvalue weighted by molar-refractivity contribution is 5.96. The van der Waals surface area contributed by atoms with E-state index in [1.165, 1.54) is 25.3 Å². The van der Waals surface area contributed by atoms with Gasteiger partial charge in [0.25, 0.3) is 0 Å². The molecule has 0 amide bonds. The standard InChI is InChI=1S/C11H9FO3/c1-15-10-3-2-9(12)7-4-6(11(13)14)5-8(7)10/h2-3,5H,4H2,1H3,(H,13,14). The topological polar surface area (TPSA) is 46.5 Å². The minimum absolute atomic E-state index is 0.119. The van der Waals surface area contributed by atoms with Crippen LogP contribution in [0.2, 0.25) is 0 Å². The summed E-state index contributed by atoms with van der Waals surface area (Å²) in [6.45, 7) is 0. The van der Waals surface area contributed by atoms with Crippen molar-refractivity contribution in [3.05, 3.63) is 34.6 Å². The number of carbonyl (C=O) groups is 1. The van der Waals surface area contributed by atoms with Gasteiger partial charge in [0, 0.05) is 23.1 Å².